The van der Waals surface area contributed by atoms with Crippen molar-refractivity contribution in [1.82, 2.24) is 10.2 Å². The number of rotatable bonds is 4. The van der Waals surface area contributed by atoms with E-state index in [0.717, 1.165) is 33.7 Å². The monoisotopic (exact) mass is 394 g/mol. The number of carbonyl (C=O) groups is 3. The van der Waals surface area contributed by atoms with Gasteiger partial charge in [0.25, 0.3) is 5.91 Å². The van der Waals surface area contributed by atoms with E-state index in [1.54, 1.807) is 35.6 Å². The summed E-state index contributed by atoms with van der Waals surface area (Å²) in [4.78, 5) is 40.1. The molecule has 2 N–H and O–H groups in total. The fourth-order valence-corrected chi connectivity index (χ4v) is 4.83. The third kappa shape index (κ3) is 3.04. The second-order valence-electron chi connectivity index (χ2n) is 6.92. The first-order valence-electron chi connectivity index (χ1n) is 9.00. The maximum Gasteiger partial charge on any atom is 0.325 e. The molecule has 1 atom stereocenters. The molecule has 1 aromatic heterocycles. The number of benzene rings is 1. The molecule has 0 radical (unpaired) electrons. The maximum atomic E-state index is 13.1. The number of aryl methyl sites for hydroxylation is 1. The lowest BCUT2D eigenvalue weighted by Crippen LogP contribution is -2.46. The number of urea groups is 1. The third-order valence-electron chi connectivity index (χ3n) is 5.16. The van der Waals surface area contributed by atoms with Gasteiger partial charge in [-0.15, -0.1) is 11.3 Å². The number of imide groups is 1. The highest BCUT2D eigenvalue weighted by atomic mass is 32.1. The Balaban J connectivity index is 1.47. The highest BCUT2D eigenvalue weighted by Gasteiger charge is 2.54. The van der Waals surface area contributed by atoms with Crippen LogP contribution in [0.1, 0.15) is 28.8 Å². The lowest BCUT2D eigenvalue weighted by molar-refractivity contribution is -0.134. The summed E-state index contributed by atoms with van der Waals surface area (Å²) < 4.78 is 0. The number of hydrogen-bond donors (Lipinski definition) is 2. The van der Waals surface area contributed by atoms with E-state index in [0.29, 0.717) is 18.5 Å². The Morgan fingerprint density at radius 3 is 2.82 bits per heavy atom. The van der Waals surface area contributed by atoms with Crippen molar-refractivity contribution in [2.45, 2.75) is 31.2 Å². The van der Waals surface area contributed by atoms with Crippen LogP contribution in [0.25, 0.3) is 0 Å². The standard InChI is InChI=1S/C20H18N4O3S/c21-10-7-13-3-5-14(6-4-13)22-17(25)12-24-18(26)20(23-19(24)27)9-1-2-16-15(20)8-11-28-16/h3-6,8,11H,1-2,7,9,12H2,(H,22,25)(H,23,27)/t20-/m1/s1. The van der Waals surface area contributed by atoms with Crippen LogP contribution in [0.3, 0.4) is 0 Å². The molecule has 2 heterocycles. The molecule has 1 aliphatic heterocycles. The summed E-state index contributed by atoms with van der Waals surface area (Å²) in [5.74, 6) is -0.814. The van der Waals surface area contributed by atoms with E-state index in [1.807, 2.05) is 11.4 Å². The highest BCUT2D eigenvalue weighted by Crippen LogP contribution is 2.42. The summed E-state index contributed by atoms with van der Waals surface area (Å²) >= 11 is 1.59. The number of anilines is 1. The van der Waals surface area contributed by atoms with Gasteiger partial charge in [-0.2, -0.15) is 5.26 Å². The number of nitrogens with one attached hydrogen (secondary N) is 2. The van der Waals surface area contributed by atoms with Crippen molar-refractivity contribution in [3.63, 3.8) is 0 Å². The lowest BCUT2D eigenvalue weighted by Gasteiger charge is -2.31. The molecular formula is C20H18N4O3S. The van der Waals surface area contributed by atoms with Crippen LogP contribution in [0.15, 0.2) is 35.7 Å². The summed E-state index contributed by atoms with van der Waals surface area (Å²) in [6.45, 7) is -0.341. The number of amides is 4. The van der Waals surface area contributed by atoms with Gasteiger partial charge < -0.3 is 10.6 Å². The van der Waals surface area contributed by atoms with E-state index in [4.69, 9.17) is 5.26 Å². The van der Waals surface area contributed by atoms with Crippen LogP contribution in [0.5, 0.6) is 0 Å². The van der Waals surface area contributed by atoms with Crippen molar-refractivity contribution in [2.75, 3.05) is 11.9 Å². The van der Waals surface area contributed by atoms with Crippen molar-refractivity contribution in [2.24, 2.45) is 0 Å². The average Bonchev–Trinajstić information content (AvgIpc) is 3.24. The first-order chi connectivity index (χ1) is 13.5. The van der Waals surface area contributed by atoms with Crippen LogP contribution >= 0.6 is 11.3 Å². The van der Waals surface area contributed by atoms with Crippen LogP contribution in [0.2, 0.25) is 0 Å². The van der Waals surface area contributed by atoms with Gasteiger partial charge in [0.15, 0.2) is 0 Å². The molecule has 142 valence electrons. The van der Waals surface area contributed by atoms with E-state index < -0.39 is 17.5 Å². The smallest absolute Gasteiger partial charge is 0.325 e. The molecule has 1 aliphatic carbocycles. The third-order valence-corrected chi connectivity index (χ3v) is 6.14. The molecular weight excluding hydrogens is 376 g/mol. The Labute approximate surface area is 166 Å². The molecule has 0 saturated carbocycles. The Bertz CT molecular complexity index is 992. The molecule has 4 rings (SSSR count). The van der Waals surface area contributed by atoms with Crippen molar-refractivity contribution in [3.05, 3.63) is 51.7 Å². The van der Waals surface area contributed by atoms with Crippen molar-refractivity contribution < 1.29 is 14.4 Å². The van der Waals surface area contributed by atoms with Gasteiger partial charge in [-0.1, -0.05) is 12.1 Å². The summed E-state index contributed by atoms with van der Waals surface area (Å²) in [5.41, 5.74) is 1.22. The van der Waals surface area contributed by atoms with Gasteiger partial charge in [-0.3, -0.25) is 14.5 Å². The predicted octanol–water partition coefficient (Wildman–Crippen LogP) is 2.54. The largest absolute Gasteiger partial charge is 0.325 e. The molecule has 4 amide bonds. The second kappa shape index (κ2) is 7.09. The zero-order valence-electron chi connectivity index (χ0n) is 15.0. The molecule has 1 spiro atoms. The zero-order valence-corrected chi connectivity index (χ0v) is 15.8. The molecule has 0 bridgehead atoms. The first-order valence-corrected chi connectivity index (χ1v) is 9.88. The first kappa shape index (κ1) is 18.2. The summed E-state index contributed by atoms with van der Waals surface area (Å²) in [6.07, 6.45) is 2.55. The van der Waals surface area contributed by atoms with E-state index in [2.05, 4.69) is 16.7 Å². The van der Waals surface area contributed by atoms with E-state index in [-0.39, 0.29) is 12.5 Å². The molecule has 1 fully saturated rings. The Morgan fingerprint density at radius 2 is 2.07 bits per heavy atom. The van der Waals surface area contributed by atoms with Gasteiger partial charge in [0.2, 0.25) is 5.91 Å². The van der Waals surface area contributed by atoms with Crippen molar-refractivity contribution >= 4 is 34.9 Å². The van der Waals surface area contributed by atoms with Gasteiger partial charge in [-0.05, 0) is 48.4 Å². The normalized spacial score (nSPS) is 20.6. The average molecular weight is 394 g/mol. The molecule has 1 saturated heterocycles. The minimum Gasteiger partial charge on any atom is -0.325 e. The quantitative estimate of drug-likeness (QED) is 0.778. The van der Waals surface area contributed by atoms with E-state index in [1.165, 1.54) is 0 Å². The van der Waals surface area contributed by atoms with Crippen LogP contribution in [-0.4, -0.2) is 29.3 Å². The maximum absolute atomic E-state index is 13.1. The minimum absolute atomic E-state index is 0.295. The number of fused-ring (bicyclic) bond motifs is 2. The van der Waals surface area contributed by atoms with Crippen molar-refractivity contribution in [1.29, 1.82) is 5.26 Å². The zero-order chi connectivity index (χ0) is 19.7. The molecule has 2 aromatic rings. The summed E-state index contributed by atoms with van der Waals surface area (Å²) in [7, 11) is 0. The summed E-state index contributed by atoms with van der Waals surface area (Å²) in [6, 6.07) is 10.3. The fraction of sp³-hybridized carbons (Fsp3) is 0.300. The predicted molar refractivity (Wildman–Crippen MR) is 104 cm³/mol. The molecule has 0 unspecified atom stereocenters. The number of nitrogens with zero attached hydrogens (tertiary/aromatic N) is 2. The van der Waals surface area contributed by atoms with E-state index >= 15 is 0 Å². The van der Waals surface area contributed by atoms with Crippen LogP contribution < -0.4 is 10.6 Å². The fourth-order valence-electron chi connectivity index (χ4n) is 3.83. The highest BCUT2D eigenvalue weighted by molar-refractivity contribution is 7.10. The van der Waals surface area contributed by atoms with Gasteiger partial charge in [0, 0.05) is 16.1 Å². The second-order valence-corrected chi connectivity index (χ2v) is 7.92. The Kier molecular flexibility index (Phi) is 4.61. The number of thiophene rings is 1. The number of hydrogen-bond acceptors (Lipinski definition) is 5. The van der Waals surface area contributed by atoms with Crippen molar-refractivity contribution in [3.8, 4) is 6.07 Å². The minimum atomic E-state index is -1.04. The van der Waals surface area contributed by atoms with Crippen LogP contribution in [0.4, 0.5) is 10.5 Å². The van der Waals surface area contributed by atoms with Gasteiger partial charge in [-0.25, -0.2) is 4.79 Å². The van der Waals surface area contributed by atoms with Gasteiger partial charge in [0.1, 0.15) is 12.1 Å². The van der Waals surface area contributed by atoms with E-state index in [9.17, 15) is 14.4 Å². The molecule has 8 heteroatoms. The Hall–Kier alpha value is -3.18. The van der Waals surface area contributed by atoms with Gasteiger partial charge in [0.05, 0.1) is 12.5 Å². The molecule has 28 heavy (non-hydrogen) atoms. The molecule has 1 aromatic carbocycles. The van der Waals surface area contributed by atoms with Gasteiger partial charge >= 0.3 is 6.03 Å². The molecule has 2 aliphatic rings. The Morgan fingerprint density at radius 1 is 1.29 bits per heavy atom. The number of nitriles is 1. The SMILES string of the molecule is N#CCc1ccc(NC(=O)CN2C(=O)N[C@@]3(CCCc4sccc43)C2=O)cc1. The van der Waals surface area contributed by atoms with Crippen LogP contribution in [0, 0.1) is 11.3 Å². The topological polar surface area (TPSA) is 102 Å². The molecule has 7 nitrogen and oxygen atoms in total. The number of carbonyl (C=O) groups excluding carboxylic acids is 3. The van der Waals surface area contributed by atoms with Crippen LogP contribution in [-0.2, 0) is 28.0 Å². The summed E-state index contributed by atoms with van der Waals surface area (Å²) in [5, 5.41) is 16.2. The lowest BCUT2D eigenvalue weighted by atomic mass is 9.80.